The van der Waals surface area contributed by atoms with Crippen LogP contribution in [0.4, 0.5) is 22.0 Å². The van der Waals surface area contributed by atoms with Gasteiger partial charge in [0.1, 0.15) is 5.75 Å². The van der Waals surface area contributed by atoms with Gasteiger partial charge in [-0.1, -0.05) is 49.7 Å². The first-order valence-corrected chi connectivity index (χ1v) is 9.74. The summed E-state index contributed by atoms with van der Waals surface area (Å²) in [6.45, 7) is 2.08. The maximum atomic E-state index is 14.6. The van der Waals surface area contributed by atoms with Crippen LogP contribution in [0, 0.1) is 29.1 Å². The van der Waals surface area contributed by atoms with E-state index in [2.05, 4.69) is 6.92 Å². The number of hydrogen-bond donors (Lipinski definition) is 0. The highest BCUT2D eigenvalue weighted by atomic mass is 19.2. The second kappa shape index (κ2) is 9.74. The van der Waals surface area contributed by atoms with Crippen molar-refractivity contribution in [2.45, 2.75) is 32.6 Å². The maximum Gasteiger partial charge on any atom is 0.194 e. The molecule has 0 aliphatic heterocycles. The van der Waals surface area contributed by atoms with Crippen LogP contribution >= 0.6 is 0 Å². The summed E-state index contributed by atoms with van der Waals surface area (Å²) in [5, 5.41) is 0. The van der Waals surface area contributed by atoms with Gasteiger partial charge in [-0.3, -0.25) is 0 Å². The average Bonchev–Trinajstić information content (AvgIpc) is 2.73. The Morgan fingerprint density at radius 1 is 0.733 bits per heavy atom. The van der Waals surface area contributed by atoms with E-state index in [0.717, 1.165) is 30.5 Å². The molecule has 3 aromatic rings. The van der Waals surface area contributed by atoms with Crippen LogP contribution in [-0.2, 0) is 12.8 Å². The van der Waals surface area contributed by atoms with E-state index < -0.39 is 29.1 Å². The largest absolute Gasteiger partial charge is 0.493 e. The third-order valence-corrected chi connectivity index (χ3v) is 4.78. The van der Waals surface area contributed by atoms with Crippen molar-refractivity contribution in [1.82, 2.24) is 0 Å². The van der Waals surface area contributed by atoms with Gasteiger partial charge in [0.15, 0.2) is 29.1 Å². The summed E-state index contributed by atoms with van der Waals surface area (Å²) in [5.41, 5.74) is 2.10. The van der Waals surface area contributed by atoms with Gasteiger partial charge in [0.25, 0.3) is 0 Å². The smallest absolute Gasteiger partial charge is 0.194 e. The van der Waals surface area contributed by atoms with Crippen molar-refractivity contribution in [2.24, 2.45) is 0 Å². The fraction of sp³-hybridized carbons (Fsp3) is 0.250. The summed E-state index contributed by atoms with van der Waals surface area (Å²) in [6.07, 6.45) is 2.38. The Balaban J connectivity index is 1.63. The molecule has 0 saturated heterocycles. The second-order valence-corrected chi connectivity index (χ2v) is 7.00. The molecule has 0 heterocycles. The molecule has 0 atom stereocenters. The Morgan fingerprint density at radius 3 is 2.03 bits per heavy atom. The van der Waals surface area contributed by atoms with Crippen LogP contribution in [0.3, 0.4) is 0 Å². The monoisotopic (exact) mass is 420 g/mol. The quantitative estimate of drug-likeness (QED) is 0.216. The molecule has 1 nitrogen and oxygen atoms in total. The highest BCUT2D eigenvalue weighted by Gasteiger charge is 2.15. The Kier molecular flexibility index (Phi) is 7.08. The fourth-order valence-corrected chi connectivity index (χ4v) is 3.21. The van der Waals surface area contributed by atoms with Gasteiger partial charge in [-0.05, 0) is 36.0 Å². The zero-order valence-electron chi connectivity index (χ0n) is 16.5. The third-order valence-electron chi connectivity index (χ3n) is 4.78. The van der Waals surface area contributed by atoms with E-state index in [4.69, 9.17) is 4.74 Å². The summed E-state index contributed by atoms with van der Waals surface area (Å²) < 4.78 is 73.5. The highest BCUT2D eigenvalue weighted by molar-refractivity contribution is 5.65. The third kappa shape index (κ3) is 4.99. The van der Waals surface area contributed by atoms with Crippen molar-refractivity contribution in [1.29, 1.82) is 0 Å². The molecule has 0 spiro atoms. The zero-order chi connectivity index (χ0) is 21.7. The van der Waals surface area contributed by atoms with Crippen LogP contribution in [0.1, 0.15) is 30.9 Å². The molecule has 0 amide bonds. The molecule has 3 rings (SSSR count). The Hall–Kier alpha value is -2.89. The van der Waals surface area contributed by atoms with Crippen molar-refractivity contribution in [3.05, 3.63) is 88.7 Å². The lowest BCUT2D eigenvalue weighted by Crippen LogP contribution is -2.03. The lowest BCUT2D eigenvalue weighted by atomic mass is 9.99. The number of benzene rings is 3. The molecule has 30 heavy (non-hydrogen) atoms. The van der Waals surface area contributed by atoms with E-state index >= 15 is 0 Å². The second-order valence-electron chi connectivity index (χ2n) is 7.00. The van der Waals surface area contributed by atoms with Crippen molar-refractivity contribution in [3.8, 4) is 16.9 Å². The number of rotatable bonds is 8. The van der Waals surface area contributed by atoms with Gasteiger partial charge < -0.3 is 4.74 Å². The Morgan fingerprint density at radius 2 is 1.40 bits per heavy atom. The summed E-state index contributed by atoms with van der Waals surface area (Å²) in [7, 11) is 0. The van der Waals surface area contributed by atoms with Crippen molar-refractivity contribution >= 4 is 0 Å². The maximum absolute atomic E-state index is 14.6. The van der Waals surface area contributed by atoms with Crippen molar-refractivity contribution in [2.75, 3.05) is 6.61 Å². The van der Waals surface area contributed by atoms with Gasteiger partial charge in [-0.2, -0.15) is 0 Å². The normalized spacial score (nSPS) is 11.0. The Labute approximate surface area is 172 Å². The molecular weight excluding hydrogens is 399 g/mol. The molecule has 0 saturated carbocycles. The first kappa shape index (κ1) is 21.8. The molecule has 6 heteroatoms. The van der Waals surface area contributed by atoms with Crippen LogP contribution in [0.5, 0.6) is 5.75 Å². The number of aryl methyl sites for hydroxylation is 2. The zero-order valence-corrected chi connectivity index (χ0v) is 16.5. The SMILES string of the molecule is CCCc1ccc(-c2ccc(CCCOc3cc(F)c(F)c(F)c3)c(F)c2F)cc1. The first-order valence-electron chi connectivity index (χ1n) is 9.74. The van der Waals surface area contributed by atoms with Crippen molar-refractivity contribution in [3.63, 3.8) is 0 Å². The molecule has 0 N–H and O–H groups in total. The van der Waals surface area contributed by atoms with Crippen LogP contribution in [0.15, 0.2) is 48.5 Å². The van der Waals surface area contributed by atoms with Crippen LogP contribution < -0.4 is 4.74 Å². The van der Waals surface area contributed by atoms with E-state index in [1.807, 2.05) is 12.1 Å². The van der Waals surface area contributed by atoms with E-state index in [0.29, 0.717) is 5.56 Å². The van der Waals surface area contributed by atoms with E-state index in [9.17, 15) is 22.0 Å². The molecule has 0 aliphatic carbocycles. The molecule has 0 fully saturated rings. The lowest BCUT2D eigenvalue weighted by Gasteiger charge is -2.10. The molecule has 3 aromatic carbocycles. The lowest BCUT2D eigenvalue weighted by molar-refractivity contribution is 0.303. The standard InChI is InChI=1S/C24H21F5O/c1-2-4-15-6-8-16(9-7-15)19-11-10-17(22(27)23(19)28)5-3-12-30-18-13-20(25)24(29)21(26)14-18/h6-11,13-14H,2-5,12H2,1H3. The molecule has 0 unspecified atom stereocenters. The number of hydrogen-bond acceptors (Lipinski definition) is 1. The molecule has 158 valence electrons. The van der Waals surface area contributed by atoms with E-state index in [1.54, 1.807) is 12.1 Å². The summed E-state index contributed by atoms with van der Waals surface area (Å²) in [6, 6.07) is 11.9. The van der Waals surface area contributed by atoms with Crippen LogP contribution in [0.25, 0.3) is 11.1 Å². The predicted octanol–water partition coefficient (Wildman–Crippen LogP) is 7.01. The van der Waals surface area contributed by atoms with Gasteiger partial charge in [0.2, 0.25) is 0 Å². The number of ether oxygens (including phenoxy) is 1. The minimum absolute atomic E-state index is 0.00616. The van der Waals surface area contributed by atoms with Gasteiger partial charge in [-0.25, -0.2) is 22.0 Å². The molecule has 0 radical (unpaired) electrons. The van der Waals surface area contributed by atoms with E-state index in [1.165, 1.54) is 12.1 Å². The average molecular weight is 420 g/mol. The van der Waals surface area contributed by atoms with Gasteiger partial charge >= 0.3 is 0 Å². The molecule has 0 aliphatic rings. The summed E-state index contributed by atoms with van der Waals surface area (Å²) in [4.78, 5) is 0. The predicted molar refractivity (Wildman–Crippen MR) is 106 cm³/mol. The van der Waals surface area contributed by atoms with Crippen LogP contribution in [0.2, 0.25) is 0 Å². The fourth-order valence-electron chi connectivity index (χ4n) is 3.21. The van der Waals surface area contributed by atoms with Crippen LogP contribution in [-0.4, -0.2) is 6.61 Å². The van der Waals surface area contributed by atoms with Gasteiger partial charge in [0.05, 0.1) is 6.61 Å². The van der Waals surface area contributed by atoms with E-state index in [-0.39, 0.29) is 36.3 Å². The minimum Gasteiger partial charge on any atom is -0.493 e. The van der Waals surface area contributed by atoms with Gasteiger partial charge in [0, 0.05) is 17.7 Å². The van der Waals surface area contributed by atoms with Gasteiger partial charge in [-0.15, -0.1) is 0 Å². The van der Waals surface area contributed by atoms with Crippen molar-refractivity contribution < 1.29 is 26.7 Å². The topological polar surface area (TPSA) is 9.23 Å². The molecular formula is C24H21F5O. The summed E-state index contributed by atoms with van der Waals surface area (Å²) in [5.74, 6) is -6.28. The highest BCUT2D eigenvalue weighted by Crippen LogP contribution is 2.27. The minimum atomic E-state index is -1.57. The first-order chi connectivity index (χ1) is 14.4. The Bertz CT molecular complexity index is 992. The summed E-state index contributed by atoms with van der Waals surface area (Å²) >= 11 is 0. The number of halogens is 5. The molecule has 0 aromatic heterocycles. The molecule has 0 bridgehead atoms.